The second-order valence-corrected chi connectivity index (χ2v) is 4.49. The molecule has 0 saturated carbocycles. The van der Waals surface area contributed by atoms with Crippen molar-refractivity contribution in [1.82, 2.24) is 30.2 Å². The molecule has 2 aromatic heterocycles. The molecule has 0 aliphatic rings. The Morgan fingerprint density at radius 2 is 2.42 bits per heavy atom. The Morgan fingerprint density at radius 3 is 3.11 bits per heavy atom. The first-order valence-corrected chi connectivity index (χ1v) is 6.02. The molecule has 2 rings (SSSR count). The van der Waals surface area contributed by atoms with Crippen LogP contribution in [0.1, 0.15) is 0 Å². The van der Waals surface area contributed by atoms with Crippen molar-refractivity contribution in [2.24, 2.45) is 0 Å². The van der Waals surface area contributed by atoms with Gasteiger partial charge in [-0.1, -0.05) is 11.6 Å². The van der Waals surface area contributed by atoms with E-state index in [2.05, 4.69) is 25.5 Å². The van der Waals surface area contributed by atoms with Crippen LogP contribution in [0, 0.1) is 0 Å². The number of aliphatic carboxylic acids is 1. The highest BCUT2D eigenvalue weighted by Crippen LogP contribution is 2.30. The maximum atomic E-state index is 10.6. The molecule has 0 radical (unpaired) electrons. The third-order valence-corrected chi connectivity index (χ3v) is 3.21. The molecule has 2 heterocycles. The van der Waals surface area contributed by atoms with Crippen LogP contribution in [0.25, 0.3) is 0 Å². The van der Waals surface area contributed by atoms with Crippen LogP contribution in [-0.4, -0.2) is 48.4 Å². The maximum absolute atomic E-state index is 10.6. The molecule has 2 aromatic rings. The highest BCUT2D eigenvalue weighted by Gasteiger charge is 2.15. The highest BCUT2D eigenvalue weighted by atomic mass is 35.5. The Kier molecular flexibility index (Phi) is 4.12. The first kappa shape index (κ1) is 13.5. The topological polar surface area (TPSA) is 116 Å². The summed E-state index contributed by atoms with van der Waals surface area (Å²) >= 11 is 6.95. The fourth-order valence-corrected chi connectivity index (χ4v) is 2.03. The number of carbonyl (C=O) groups is 1. The van der Waals surface area contributed by atoms with Crippen LogP contribution < -0.4 is 4.74 Å². The third kappa shape index (κ3) is 3.29. The van der Waals surface area contributed by atoms with Crippen LogP contribution in [0.2, 0.25) is 5.02 Å². The molecule has 9 nitrogen and oxygen atoms in total. The molecular formula is C8H7ClN6O3S. The van der Waals surface area contributed by atoms with Crippen LogP contribution >= 0.6 is 23.4 Å². The van der Waals surface area contributed by atoms with Crippen molar-refractivity contribution >= 4 is 29.3 Å². The standard InChI is InChI=1S/C8H7ClN6O3S/c1-18-7-10-2-4(9)6(11-7)19-8-12-13-14-15(8)3-5(16)17/h2H,3H2,1H3,(H,16,17). The number of methoxy groups -OCH3 is 1. The lowest BCUT2D eigenvalue weighted by Gasteiger charge is -2.04. The molecule has 19 heavy (non-hydrogen) atoms. The zero-order valence-electron chi connectivity index (χ0n) is 9.52. The summed E-state index contributed by atoms with van der Waals surface area (Å²) in [5.41, 5.74) is 0. The largest absolute Gasteiger partial charge is 0.480 e. The second kappa shape index (κ2) is 5.80. The van der Waals surface area contributed by atoms with Crippen LogP contribution in [0.5, 0.6) is 6.01 Å². The van der Waals surface area contributed by atoms with Crippen LogP contribution in [-0.2, 0) is 11.3 Å². The molecule has 0 unspecified atom stereocenters. The Labute approximate surface area is 116 Å². The lowest BCUT2D eigenvalue weighted by Crippen LogP contribution is -2.11. The summed E-state index contributed by atoms with van der Waals surface area (Å²) in [6.07, 6.45) is 1.38. The number of tetrazole rings is 1. The van der Waals surface area contributed by atoms with Gasteiger partial charge in [0.2, 0.25) is 5.16 Å². The van der Waals surface area contributed by atoms with E-state index in [0.29, 0.717) is 5.03 Å². The summed E-state index contributed by atoms with van der Waals surface area (Å²) in [6, 6.07) is 0.143. The number of nitrogens with zero attached hydrogens (tertiary/aromatic N) is 6. The number of rotatable bonds is 5. The van der Waals surface area contributed by atoms with Gasteiger partial charge in [-0.15, -0.1) is 5.10 Å². The van der Waals surface area contributed by atoms with E-state index < -0.39 is 5.97 Å². The summed E-state index contributed by atoms with van der Waals surface area (Å²) in [5.74, 6) is -1.06. The van der Waals surface area contributed by atoms with Crippen molar-refractivity contribution < 1.29 is 14.6 Å². The zero-order valence-corrected chi connectivity index (χ0v) is 11.1. The Balaban J connectivity index is 2.26. The van der Waals surface area contributed by atoms with E-state index in [4.69, 9.17) is 21.4 Å². The number of hydrogen-bond donors (Lipinski definition) is 1. The number of aromatic nitrogens is 6. The SMILES string of the molecule is COc1ncc(Cl)c(Sc2nnnn2CC(=O)O)n1. The molecule has 0 aromatic carbocycles. The summed E-state index contributed by atoms with van der Waals surface area (Å²) in [6.45, 7) is -0.352. The van der Waals surface area contributed by atoms with Gasteiger partial charge in [-0.3, -0.25) is 4.79 Å². The Hall–Kier alpha value is -1.94. The molecule has 0 aliphatic heterocycles. The van der Waals surface area contributed by atoms with Crippen LogP contribution in [0.4, 0.5) is 0 Å². The minimum absolute atomic E-state index is 0.143. The summed E-state index contributed by atoms with van der Waals surface area (Å²) < 4.78 is 6.00. The molecule has 100 valence electrons. The fourth-order valence-electron chi connectivity index (χ4n) is 1.09. The van der Waals surface area contributed by atoms with Gasteiger partial charge in [0, 0.05) is 0 Å². The third-order valence-electron chi connectivity index (χ3n) is 1.84. The van der Waals surface area contributed by atoms with Crippen molar-refractivity contribution in [3.8, 4) is 6.01 Å². The van der Waals surface area contributed by atoms with Crippen molar-refractivity contribution in [3.05, 3.63) is 11.2 Å². The van der Waals surface area contributed by atoms with Crippen molar-refractivity contribution in [2.75, 3.05) is 7.11 Å². The number of ether oxygens (including phenoxy) is 1. The molecule has 11 heteroatoms. The maximum Gasteiger partial charge on any atom is 0.325 e. The molecule has 0 aliphatic carbocycles. The van der Waals surface area contributed by atoms with E-state index >= 15 is 0 Å². The fraction of sp³-hybridized carbons (Fsp3) is 0.250. The van der Waals surface area contributed by atoms with E-state index in [0.717, 1.165) is 16.4 Å². The van der Waals surface area contributed by atoms with Crippen molar-refractivity contribution in [2.45, 2.75) is 16.7 Å². The normalized spacial score (nSPS) is 10.4. The minimum atomic E-state index is -1.06. The highest BCUT2D eigenvalue weighted by molar-refractivity contribution is 7.99. The first-order chi connectivity index (χ1) is 9.10. The molecule has 0 saturated heterocycles. The molecule has 0 fully saturated rings. The molecule has 1 N–H and O–H groups in total. The Bertz CT molecular complexity index is 606. The number of carboxylic acids is 1. The quantitative estimate of drug-likeness (QED) is 0.781. The summed E-state index contributed by atoms with van der Waals surface area (Å²) in [7, 11) is 1.42. The van der Waals surface area contributed by atoms with Gasteiger partial charge in [0.15, 0.2) is 0 Å². The monoisotopic (exact) mass is 302 g/mol. The number of carboxylic acid groups (broad SMARTS) is 1. The molecule has 0 bridgehead atoms. The Morgan fingerprint density at radius 1 is 1.63 bits per heavy atom. The van der Waals surface area contributed by atoms with Gasteiger partial charge < -0.3 is 9.84 Å². The van der Waals surface area contributed by atoms with Gasteiger partial charge in [-0.2, -0.15) is 4.98 Å². The van der Waals surface area contributed by atoms with E-state index in [1.165, 1.54) is 13.3 Å². The van der Waals surface area contributed by atoms with E-state index in [1.54, 1.807) is 0 Å². The van der Waals surface area contributed by atoms with Gasteiger partial charge in [0.25, 0.3) is 0 Å². The molecule has 0 amide bonds. The molecule has 0 spiro atoms. The van der Waals surface area contributed by atoms with E-state index in [1.807, 2.05) is 0 Å². The lowest BCUT2D eigenvalue weighted by atomic mass is 10.7. The smallest absolute Gasteiger partial charge is 0.325 e. The van der Waals surface area contributed by atoms with Crippen molar-refractivity contribution in [1.29, 1.82) is 0 Å². The van der Waals surface area contributed by atoms with Crippen LogP contribution in [0.3, 0.4) is 0 Å². The van der Waals surface area contributed by atoms with Gasteiger partial charge in [0.05, 0.1) is 18.3 Å². The predicted octanol–water partition coefficient (Wildman–Crippen LogP) is 0.361. The predicted molar refractivity (Wildman–Crippen MR) is 63.2 cm³/mol. The number of hydrogen-bond acceptors (Lipinski definition) is 8. The molecular weight excluding hydrogens is 296 g/mol. The number of halogens is 1. The first-order valence-electron chi connectivity index (χ1n) is 4.82. The average molecular weight is 303 g/mol. The zero-order chi connectivity index (χ0) is 13.8. The van der Waals surface area contributed by atoms with Gasteiger partial charge in [-0.25, -0.2) is 9.67 Å². The summed E-state index contributed by atoms with van der Waals surface area (Å²) in [5, 5.41) is 20.3. The van der Waals surface area contributed by atoms with E-state index in [9.17, 15) is 4.79 Å². The minimum Gasteiger partial charge on any atom is -0.480 e. The van der Waals surface area contributed by atoms with Gasteiger partial charge >= 0.3 is 12.0 Å². The van der Waals surface area contributed by atoms with Crippen LogP contribution in [0.15, 0.2) is 16.4 Å². The second-order valence-electron chi connectivity index (χ2n) is 3.12. The lowest BCUT2D eigenvalue weighted by molar-refractivity contribution is -0.138. The molecule has 0 atom stereocenters. The van der Waals surface area contributed by atoms with Gasteiger partial charge in [-0.05, 0) is 22.2 Å². The average Bonchev–Trinajstić information content (AvgIpc) is 2.78. The van der Waals surface area contributed by atoms with Crippen molar-refractivity contribution in [3.63, 3.8) is 0 Å². The van der Waals surface area contributed by atoms with Gasteiger partial charge in [0.1, 0.15) is 11.6 Å². The summed E-state index contributed by atoms with van der Waals surface area (Å²) in [4.78, 5) is 18.5. The van der Waals surface area contributed by atoms with E-state index in [-0.39, 0.29) is 22.7 Å².